The van der Waals surface area contributed by atoms with Crippen LogP contribution in [0.25, 0.3) is 0 Å². The third kappa shape index (κ3) is 3.43. The van der Waals surface area contributed by atoms with E-state index < -0.39 is 0 Å². The molecule has 0 bridgehead atoms. The van der Waals surface area contributed by atoms with Gasteiger partial charge in [0, 0.05) is 13.0 Å². The summed E-state index contributed by atoms with van der Waals surface area (Å²) < 4.78 is 10.5. The van der Waals surface area contributed by atoms with Crippen LogP contribution >= 0.6 is 0 Å². The lowest BCUT2D eigenvalue weighted by Crippen LogP contribution is -2.42. The van der Waals surface area contributed by atoms with Crippen molar-refractivity contribution < 1.29 is 14.3 Å². The zero-order valence-electron chi connectivity index (χ0n) is 14.5. The van der Waals surface area contributed by atoms with Gasteiger partial charge in [0.15, 0.2) is 0 Å². The molecule has 0 aromatic heterocycles. The maximum Gasteiger partial charge on any atom is 0.210 e. The standard InChI is InChI=1S/C19H22N2O4/c1-24-15-4-5-16-14(11-15)7-8-21(12-22)18(16)10-13-3-6-19(25-2)17(9-13)20-23/h3-4,6,9,12,18H,5,7-8,10-11H2,1-2H3. The minimum atomic E-state index is 0.00352. The largest absolute Gasteiger partial charge is 0.501 e. The van der Waals surface area contributed by atoms with E-state index in [9.17, 15) is 9.70 Å². The molecule has 1 aromatic carbocycles. The Morgan fingerprint density at radius 1 is 1.32 bits per heavy atom. The second-order valence-electron chi connectivity index (χ2n) is 6.29. The summed E-state index contributed by atoms with van der Waals surface area (Å²) in [7, 11) is 3.21. The SMILES string of the molecule is COC1=CCC2=C(CCN(C=O)C2Cc2ccc(OC)c(N=O)c2)C1. The Kier molecular flexibility index (Phi) is 5.16. The molecule has 1 amide bonds. The van der Waals surface area contributed by atoms with Crippen molar-refractivity contribution in [2.75, 3.05) is 20.8 Å². The van der Waals surface area contributed by atoms with E-state index in [1.54, 1.807) is 19.2 Å². The number of carbonyl (C=O) groups excluding carboxylic acids is 1. The minimum absolute atomic E-state index is 0.00352. The summed E-state index contributed by atoms with van der Waals surface area (Å²) in [5.74, 6) is 1.45. The van der Waals surface area contributed by atoms with Crippen LogP contribution in [-0.4, -0.2) is 38.1 Å². The lowest BCUT2D eigenvalue weighted by molar-refractivity contribution is -0.119. The van der Waals surface area contributed by atoms with E-state index in [4.69, 9.17) is 9.47 Å². The fraction of sp³-hybridized carbons (Fsp3) is 0.421. The molecule has 0 saturated carbocycles. The quantitative estimate of drug-likeness (QED) is 0.451. The fourth-order valence-electron chi connectivity index (χ4n) is 3.68. The predicted molar refractivity (Wildman–Crippen MR) is 94.7 cm³/mol. The number of allylic oxidation sites excluding steroid dienone is 2. The average molecular weight is 342 g/mol. The van der Waals surface area contributed by atoms with Crippen molar-refractivity contribution in [1.82, 2.24) is 4.90 Å². The summed E-state index contributed by atoms with van der Waals surface area (Å²) in [6.07, 6.45) is 6.16. The molecule has 25 heavy (non-hydrogen) atoms. The van der Waals surface area contributed by atoms with Crippen LogP contribution in [-0.2, 0) is 16.0 Å². The molecule has 2 aliphatic rings. The molecule has 1 heterocycles. The van der Waals surface area contributed by atoms with E-state index in [0.717, 1.165) is 37.0 Å². The molecular weight excluding hydrogens is 320 g/mol. The van der Waals surface area contributed by atoms with E-state index in [2.05, 4.69) is 11.3 Å². The third-order valence-corrected chi connectivity index (χ3v) is 5.03. The van der Waals surface area contributed by atoms with Gasteiger partial charge in [-0.2, -0.15) is 0 Å². The Balaban J connectivity index is 1.88. The Morgan fingerprint density at radius 3 is 2.84 bits per heavy atom. The van der Waals surface area contributed by atoms with Gasteiger partial charge in [0.05, 0.1) is 26.0 Å². The van der Waals surface area contributed by atoms with Crippen LogP contribution in [0.5, 0.6) is 5.75 Å². The summed E-state index contributed by atoms with van der Waals surface area (Å²) in [4.78, 5) is 24.4. The van der Waals surface area contributed by atoms with Gasteiger partial charge in [0.1, 0.15) is 11.4 Å². The van der Waals surface area contributed by atoms with Crippen LogP contribution in [0.1, 0.15) is 24.8 Å². The van der Waals surface area contributed by atoms with Crippen molar-refractivity contribution in [3.8, 4) is 5.75 Å². The highest BCUT2D eigenvalue weighted by Crippen LogP contribution is 2.36. The number of nitrogens with zero attached hydrogens (tertiary/aromatic N) is 2. The second-order valence-corrected chi connectivity index (χ2v) is 6.29. The number of rotatable bonds is 6. The van der Waals surface area contributed by atoms with Crippen LogP contribution in [0.4, 0.5) is 5.69 Å². The molecule has 0 N–H and O–H groups in total. The first-order valence-electron chi connectivity index (χ1n) is 8.35. The van der Waals surface area contributed by atoms with Crippen molar-refractivity contribution in [2.45, 2.75) is 31.7 Å². The van der Waals surface area contributed by atoms with Crippen molar-refractivity contribution in [2.24, 2.45) is 5.18 Å². The summed E-state index contributed by atoms with van der Waals surface area (Å²) in [6.45, 7) is 0.707. The number of ether oxygens (including phenoxy) is 2. The zero-order chi connectivity index (χ0) is 17.8. The first-order chi connectivity index (χ1) is 12.2. The smallest absolute Gasteiger partial charge is 0.210 e. The number of hydrogen-bond donors (Lipinski definition) is 0. The molecule has 132 valence electrons. The maximum absolute atomic E-state index is 11.6. The van der Waals surface area contributed by atoms with Gasteiger partial charge in [-0.05, 0) is 53.8 Å². The van der Waals surface area contributed by atoms with Gasteiger partial charge in [-0.3, -0.25) is 4.79 Å². The molecule has 1 aromatic rings. The van der Waals surface area contributed by atoms with E-state index in [0.29, 0.717) is 18.7 Å². The van der Waals surface area contributed by atoms with E-state index in [1.165, 1.54) is 18.3 Å². The topological polar surface area (TPSA) is 68.2 Å². The van der Waals surface area contributed by atoms with Crippen molar-refractivity contribution in [3.05, 3.63) is 51.7 Å². The van der Waals surface area contributed by atoms with Gasteiger partial charge in [-0.1, -0.05) is 11.6 Å². The molecule has 0 fully saturated rings. The summed E-state index contributed by atoms with van der Waals surface area (Å²) >= 11 is 0. The number of hydrogen-bond acceptors (Lipinski definition) is 5. The van der Waals surface area contributed by atoms with Gasteiger partial charge in [0.25, 0.3) is 0 Å². The van der Waals surface area contributed by atoms with Crippen molar-refractivity contribution in [3.63, 3.8) is 0 Å². The molecule has 1 aliphatic carbocycles. The number of amides is 1. The first kappa shape index (κ1) is 17.2. The van der Waals surface area contributed by atoms with E-state index in [1.807, 2.05) is 11.0 Å². The number of nitroso groups, excluding NO2 is 1. The summed E-state index contributed by atoms with van der Waals surface area (Å²) in [5.41, 5.74) is 3.90. The van der Waals surface area contributed by atoms with Crippen LogP contribution in [0.2, 0.25) is 0 Å². The summed E-state index contributed by atoms with van der Waals surface area (Å²) in [6, 6.07) is 5.41. The normalized spacial score (nSPS) is 19.8. The Bertz CT molecular complexity index is 739. The van der Waals surface area contributed by atoms with Crippen molar-refractivity contribution >= 4 is 12.1 Å². The number of methoxy groups -OCH3 is 2. The molecule has 1 aliphatic heterocycles. The molecule has 0 spiro atoms. The van der Waals surface area contributed by atoms with Gasteiger partial charge in [-0.15, -0.1) is 4.91 Å². The van der Waals surface area contributed by atoms with Crippen LogP contribution in [0.3, 0.4) is 0 Å². The molecule has 0 saturated heterocycles. The van der Waals surface area contributed by atoms with Gasteiger partial charge >= 0.3 is 0 Å². The van der Waals surface area contributed by atoms with Gasteiger partial charge in [0.2, 0.25) is 6.41 Å². The zero-order valence-corrected chi connectivity index (χ0v) is 14.5. The molecule has 1 unspecified atom stereocenters. The Morgan fingerprint density at radius 2 is 2.16 bits per heavy atom. The fourth-order valence-corrected chi connectivity index (χ4v) is 3.68. The number of benzene rings is 1. The lowest BCUT2D eigenvalue weighted by atomic mass is 9.82. The Hall–Kier alpha value is -2.63. The highest BCUT2D eigenvalue weighted by molar-refractivity contribution is 5.55. The number of carbonyl (C=O) groups is 1. The van der Waals surface area contributed by atoms with Gasteiger partial charge < -0.3 is 14.4 Å². The molecule has 3 rings (SSSR count). The maximum atomic E-state index is 11.6. The van der Waals surface area contributed by atoms with Gasteiger partial charge in [-0.25, -0.2) is 0 Å². The Labute approximate surface area is 147 Å². The second kappa shape index (κ2) is 7.51. The van der Waals surface area contributed by atoms with E-state index in [-0.39, 0.29) is 11.7 Å². The van der Waals surface area contributed by atoms with Crippen LogP contribution in [0, 0.1) is 4.91 Å². The van der Waals surface area contributed by atoms with Crippen molar-refractivity contribution in [1.29, 1.82) is 0 Å². The van der Waals surface area contributed by atoms with Crippen LogP contribution < -0.4 is 4.74 Å². The highest BCUT2D eigenvalue weighted by atomic mass is 16.5. The molecule has 1 atom stereocenters. The molecule has 6 heteroatoms. The van der Waals surface area contributed by atoms with Crippen LogP contribution in [0.15, 0.2) is 46.4 Å². The monoisotopic (exact) mass is 342 g/mol. The molecule has 0 radical (unpaired) electrons. The predicted octanol–water partition coefficient (Wildman–Crippen LogP) is 3.49. The molecule has 6 nitrogen and oxygen atoms in total. The first-order valence-corrected chi connectivity index (χ1v) is 8.35. The summed E-state index contributed by atoms with van der Waals surface area (Å²) in [5, 5.41) is 3.04. The average Bonchev–Trinajstić information content (AvgIpc) is 2.67. The third-order valence-electron chi connectivity index (χ3n) is 5.03. The van der Waals surface area contributed by atoms with E-state index >= 15 is 0 Å². The molecular formula is C19H22N2O4. The lowest BCUT2D eigenvalue weighted by Gasteiger charge is -2.38. The highest BCUT2D eigenvalue weighted by Gasteiger charge is 2.30. The minimum Gasteiger partial charge on any atom is -0.501 e.